The molecule has 1 fully saturated rings. The van der Waals surface area contributed by atoms with Gasteiger partial charge in [0.15, 0.2) is 0 Å². The van der Waals surface area contributed by atoms with Crippen LogP contribution in [0.3, 0.4) is 0 Å². The number of piperidine rings is 1. The number of nitrogens with zero attached hydrogens (tertiary/aromatic N) is 1. The number of methoxy groups -OCH3 is 1. The molecule has 6 nitrogen and oxygen atoms in total. The van der Waals surface area contributed by atoms with Crippen LogP contribution in [0.4, 0.5) is 5.69 Å². The fourth-order valence-electron chi connectivity index (χ4n) is 4.04. The van der Waals surface area contributed by atoms with Crippen LogP contribution >= 0.6 is 0 Å². The van der Waals surface area contributed by atoms with Gasteiger partial charge in [0.1, 0.15) is 5.75 Å². The maximum Gasteiger partial charge on any atom is 0.243 e. The van der Waals surface area contributed by atoms with E-state index in [1.807, 2.05) is 37.3 Å². The predicted octanol–water partition coefficient (Wildman–Crippen LogP) is 4.64. The molecule has 1 N–H and O–H groups in total. The first kappa shape index (κ1) is 23.3. The quantitative estimate of drug-likeness (QED) is 0.644. The van der Waals surface area contributed by atoms with Crippen LogP contribution < -0.4 is 10.1 Å². The van der Waals surface area contributed by atoms with Crippen LogP contribution in [-0.2, 0) is 14.8 Å². The van der Waals surface area contributed by atoms with Gasteiger partial charge in [0.25, 0.3) is 0 Å². The Hall–Kier alpha value is -2.38. The van der Waals surface area contributed by atoms with Crippen molar-refractivity contribution >= 4 is 21.6 Å². The van der Waals surface area contributed by atoms with Crippen LogP contribution in [0.1, 0.15) is 51.0 Å². The number of hydrogen-bond donors (Lipinski definition) is 1. The summed E-state index contributed by atoms with van der Waals surface area (Å²) in [4.78, 5) is 13.5. The first-order valence-corrected chi connectivity index (χ1v) is 12.4. The van der Waals surface area contributed by atoms with Gasteiger partial charge in [-0.15, -0.1) is 0 Å². The summed E-state index contributed by atoms with van der Waals surface area (Å²) in [7, 11) is -2.11. The minimum Gasteiger partial charge on any atom is -0.495 e. The van der Waals surface area contributed by atoms with E-state index in [9.17, 15) is 13.2 Å². The van der Waals surface area contributed by atoms with Crippen LogP contribution in [0.5, 0.6) is 5.75 Å². The highest BCUT2D eigenvalue weighted by atomic mass is 32.2. The molecule has 0 saturated carbocycles. The largest absolute Gasteiger partial charge is 0.495 e. The first-order valence-electron chi connectivity index (χ1n) is 10.9. The number of benzene rings is 2. The maximum absolute atomic E-state index is 13.3. The third kappa shape index (κ3) is 5.28. The van der Waals surface area contributed by atoms with E-state index in [4.69, 9.17) is 4.74 Å². The van der Waals surface area contributed by atoms with Crippen LogP contribution in [0.25, 0.3) is 0 Å². The Bertz CT molecular complexity index is 986. The number of rotatable bonds is 8. The fourth-order valence-corrected chi connectivity index (χ4v) is 5.59. The van der Waals surface area contributed by atoms with Crippen molar-refractivity contribution in [2.45, 2.75) is 50.3 Å². The van der Waals surface area contributed by atoms with Crippen molar-refractivity contribution < 1.29 is 17.9 Å². The van der Waals surface area contributed by atoms with Crippen molar-refractivity contribution in [2.75, 3.05) is 25.5 Å². The fraction of sp³-hybridized carbons (Fsp3) is 0.458. The Morgan fingerprint density at radius 2 is 1.77 bits per heavy atom. The molecular weight excluding hydrogens is 412 g/mol. The lowest BCUT2D eigenvalue weighted by molar-refractivity contribution is -0.118. The highest BCUT2D eigenvalue weighted by Gasteiger charge is 2.29. The number of nitrogens with one attached hydrogen (secondary N) is 1. The van der Waals surface area contributed by atoms with E-state index in [1.165, 1.54) is 17.5 Å². The molecule has 0 bridgehead atoms. The summed E-state index contributed by atoms with van der Waals surface area (Å²) in [6.07, 6.45) is 3.62. The van der Waals surface area contributed by atoms with Crippen molar-refractivity contribution in [3.63, 3.8) is 0 Å². The minimum atomic E-state index is -3.61. The summed E-state index contributed by atoms with van der Waals surface area (Å²) in [5, 5.41) is 2.94. The SMILES string of the molecule is CCC(C)C(C(=O)Nc1cc(S(=O)(=O)N2CCCCC2)ccc1OC)c1ccccc1. The number of hydrogen-bond acceptors (Lipinski definition) is 4. The van der Waals surface area contributed by atoms with Crippen molar-refractivity contribution in [2.24, 2.45) is 5.92 Å². The second-order valence-electron chi connectivity index (χ2n) is 8.09. The molecule has 31 heavy (non-hydrogen) atoms. The standard InChI is InChI=1S/C24H32N2O4S/c1-4-18(2)23(19-11-7-5-8-12-19)24(27)25-21-17-20(13-14-22(21)30-3)31(28,29)26-15-9-6-10-16-26/h5,7-8,11-14,17-18,23H,4,6,9-10,15-16H2,1-3H3,(H,25,27). The number of anilines is 1. The van der Waals surface area contributed by atoms with Gasteiger partial charge >= 0.3 is 0 Å². The van der Waals surface area contributed by atoms with Crippen molar-refractivity contribution in [3.8, 4) is 5.75 Å². The topological polar surface area (TPSA) is 75.7 Å². The van der Waals surface area contributed by atoms with Crippen molar-refractivity contribution in [1.29, 1.82) is 0 Å². The number of ether oxygens (including phenoxy) is 1. The van der Waals surface area contributed by atoms with Gasteiger partial charge < -0.3 is 10.1 Å². The molecule has 3 rings (SSSR count). The van der Waals surface area contributed by atoms with Gasteiger partial charge in [-0.3, -0.25) is 4.79 Å². The van der Waals surface area contributed by atoms with Gasteiger partial charge in [-0.2, -0.15) is 4.31 Å². The van der Waals surface area contributed by atoms with Gasteiger partial charge in [0.05, 0.1) is 23.6 Å². The van der Waals surface area contributed by atoms with Crippen molar-refractivity contribution in [3.05, 3.63) is 54.1 Å². The molecule has 1 heterocycles. The lowest BCUT2D eigenvalue weighted by Crippen LogP contribution is -2.35. The average Bonchev–Trinajstić information content (AvgIpc) is 2.80. The van der Waals surface area contributed by atoms with Crippen LogP contribution in [0, 0.1) is 5.92 Å². The zero-order valence-corrected chi connectivity index (χ0v) is 19.3. The zero-order chi connectivity index (χ0) is 22.4. The van der Waals surface area contributed by atoms with Crippen LogP contribution in [-0.4, -0.2) is 38.8 Å². The molecule has 1 amide bonds. The van der Waals surface area contributed by atoms with Crippen LogP contribution in [0.15, 0.2) is 53.4 Å². The number of carbonyl (C=O) groups is 1. The lowest BCUT2D eigenvalue weighted by Gasteiger charge is -2.26. The zero-order valence-electron chi connectivity index (χ0n) is 18.5. The van der Waals surface area contributed by atoms with Gasteiger partial charge in [0, 0.05) is 13.1 Å². The summed E-state index contributed by atoms with van der Waals surface area (Å²) in [6.45, 7) is 5.16. The Morgan fingerprint density at radius 1 is 1.10 bits per heavy atom. The summed E-state index contributed by atoms with van der Waals surface area (Å²) in [5.41, 5.74) is 1.31. The molecule has 0 aliphatic carbocycles. The Kier molecular flexibility index (Phi) is 7.73. The van der Waals surface area contributed by atoms with Crippen LogP contribution in [0.2, 0.25) is 0 Å². The highest BCUT2D eigenvalue weighted by Crippen LogP contribution is 2.33. The summed E-state index contributed by atoms with van der Waals surface area (Å²) >= 11 is 0. The number of amides is 1. The van der Waals surface area contributed by atoms with Gasteiger partial charge in [-0.25, -0.2) is 8.42 Å². The van der Waals surface area contributed by atoms with E-state index in [1.54, 1.807) is 12.1 Å². The molecule has 7 heteroatoms. The second-order valence-corrected chi connectivity index (χ2v) is 10.0. The molecular formula is C24H32N2O4S. The molecule has 0 aromatic heterocycles. The molecule has 1 aliphatic heterocycles. The normalized spacial score (nSPS) is 17.0. The van der Waals surface area contributed by atoms with E-state index in [0.29, 0.717) is 24.5 Å². The molecule has 2 aromatic rings. The number of carbonyl (C=O) groups excluding carboxylic acids is 1. The summed E-state index contributed by atoms with van der Waals surface area (Å²) in [6, 6.07) is 14.3. The molecule has 2 unspecified atom stereocenters. The summed E-state index contributed by atoms with van der Waals surface area (Å²) < 4.78 is 33.1. The molecule has 2 aromatic carbocycles. The minimum absolute atomic E-state index is 0.119. The molecule has 0 radical (unpaired) electrons. The third-order valence-corrected chi connectivity index (χ3v) is 7.93. The molecule has 0 spiro atoms. The Labute approximate surface area is 185 Å². The Morgan fingerprint density at radius 3 is 2.39 bits per heavy atom. The highest BCUT2D eigenvalue weighted by molar-refractivity contribution is 7.89. The van der Waals surface area contributed by atoms with E-state index in [2.05, 4.69) is 12.2 Å². The molecule has 2 atom stereocenters. The summed E-state index contributed by atoms with van der Waals surface area (Å²) in [5.74, 6) is 0.0280. The average molecular weight is 445 g/mol. The van der Waals surface area contributed by atoms with E-state index < -0.39 is 10.0 Å². The molecule has 168 valence electrons. The monoisotopic (exact) mass is 444 g/mol. The van der Waals surface area contributed by atoms with Gasteiger partial charge in [-0.1, -0.05) is 57.0 Å². The smallest absolute Gasteiger partial charge is 0.243 e. The second kappa shape index (κ2) is 10.3. The van der Waals surface area contributed by atoms with Crippen molar-refractivity contribution in [1.82, 2.24) is 4.31 Å². The molecule has 1 saturated heterocycles. The lowest BCUT2D eigenvalue weighted by atomic mass is 9.85. The number of sulfonamides is 1. The van der Waals surface area contributed by atoms with E-state index in [-0.39, 0.29) is 22.6 Å². The maximum atomic E-state index is 13.3. The third-order valence-electron chi connectivity index (χ3n) is 6.04. The molecule has 1 aliphatic rings. The first-order chi connectivity index (χ1) is 14.9. The van der Waals surface area contributed by atoms with Gasteiger partial charge in [-0.05, 0) is 42.5 Å². The van der Waals surface area contributed by atoms with E-state index >= 15 is 0 Å². The van der Waals surface area contributed by atoms with Gasteiger partial charge in [0.2, 0.25) is 15.9 Å². The van der Waals surface area contributed by atoms with E-state index in [0.717, 1.165) is 31.2 Å². The Balaban J connectivity index is 1.92. The predicted molar refractivity (Wildman–Crippen MR) is 123 cm³/mol.